The lowest BCUT2D eigenvalue weighted by molar-refractivity contribution is -0.129. The Morgan fingerprint density at radius 1 is 1.90 bits per heavy atom. The van der Waals surface area contributed by atoms with E-state index in [9.17, 15) is 9.59 Å². The number of β-lactam (4-membered cyclic amide) rings is 1. The third kappa shape index (κ3) is 1.72. The van der Waals surface area contributed by atoms with Gasteiger partial charge >= 0.3 is 0 Å². The third-order valence-electron chi connectivity index (χ3n) is 1.39. The maximum Gasteiger partial charge on any atom is 0.222 e. The molecule has 0 aromatic heterocycles. The van der Waals surface area contributed by atoms with E-state index in [4.69, 9.17) is 0 Å². The van der Waals surface area contributed by atoms with E-state index in [2.05, 4.69) is 10.6 Å². The van der Waals surface area contributed by atoms with Crippen molar-refractivity contribution >= 4 is 11.8 Å². The summed E-state index contributed by atoms with van der Waals surface area (Å²) in [6, 6.07) is 0.163. The highest BCUT2D eigenvalue weighted by atomic mass is 16.2. The van der Waals surface area contributed by atoms with Crippen LogP contribution in [-0.2, 0) is 9.59 Å². The zero-order chi connectivity index (χ0) is 7.56. The van der Waals surface area contributed by atoms with Crippen molar-refractivity contribution in [3.63, 3.8) is 0 Å². The summed E-state index contributed by atoms with van der Waals surface area (Å²) in [5.41, 5.74) is 0. The Balaban J connectivity index is 2.05. The molecule has 10 heavy (non-hydrogen) atoms. The Morgan fingerprint density at radius 3 is 2.90 bits per heavy atom. The van der Waals surface area contributed by atoms with Crippen LogP contribution in [0.15, 0.2) is 0 Å². The first-order valence-electron chi connectivity index (χ1n) is 3.22. The average Bonchev–Trinajstić information content (AvgIpc) is 1.77. The zero-order valence-corrected chi connectivity index (χ0v) is 5.81. The molecule has 56 valence electrons. The van der Waals surface area contributed by atoms with Gasteiger partial charge in [0.2, 0.25) is 11.8 Å². The summed E-state index contributed by atoms with van der Waals surface area (Å²) in [5, 5.41) is 5.26. The van der Waals surface area contributed by atoms with Gasteiger partial charge in [0, 0.05) is 19.9 Å². The van der Waals surface area contributed by atoms with Crippen LogP contribution in [0.5, 0.6) is 0 Å². The minimum atomic E-state index is -0.0545. The van der Waals surface area contributed by atoms with Crippen LogP contribution in [0.3, 0.4) is 0 Å². The van der Waals surface area contributed by atoms with E-state index in [0.29, 0.717) is 13.0 Å². The highest BCUT2D eigenvalue weighted by molar-refractivity contribution is 5.83. The predicted octanol–water partition coefficient (Wildman–Crippen LogP) is -0.989. The number of hydrogen-bond acceptors (Lipinski definition) is 2. The molecule has 2 N–H and O–H groups in total. The van der Waals surface area contributed by atoms with Crippen molar-refractivity contribution < 1.29 is 9.59 Å². The Labute approximate surface area is 59.0 Å². The highest BCUT2D eigenvalue weighted by Gasteiger charge is 2.24. The van der Waals surface area contributed by atoms with Crippen molar-refractivity contribution in [2.45, 2.75) is 19.4 Å². The van der Waals surface area contributed by atoms with Crippen LogP contribution in [0.4, 0.5) is 0 Å². The van der Waals surface area contributed by atoms with E-state index in [0.717, 1.165) is 0 Å². The summed E-state index contributed by atoms with van der Waals surface area (Å²) in [5.74, 6) is 0.0106. The van der Waals surface area contributed by atoms with Crippen molar-refractivity contribution in [2.24, 2.45) is 0 Å². The molecule has 4 heteroatoms. The molecular formula is C6H10N2O2. The molecule has 1 atom stereocenters. The molecule has 1 saturated heterocycles. The first kappa shape index (κ1) is 7.05. The lowest BCUT2D eigenvalue weighted by Crippen LogP contribution is -2.53. The molecule has 2 amide bonds. The highest BCUT2D eigenvalue weighted by Crippen LogP contribution is 2.01. The van der Waals surface area contributed by atoms with E-state index >= 15 is 0 Å². The molecule has 4 nitrogen and oxygen atoms in total. The number of hydrogen-bond donors (Lipinski definition) is 2. The fourth-order valence-corrected chi connectivity index (χ4v) is 0.820. The van der Waals surface area contributed by atoms with Gasteiger partial charge in [0.25, 0.3) is 0 Å². The van der Waals surface area contributed by atoms with Crippen molar-refractivity contribution in [2.75, 3.05) is 6.54 Å². The maximum atomic E-state index is 10.3. The van der Waals surface area contributed by atoms with Crippen LogP contribution < -0.4 is 10.6 Å². The van der Waals surface area contributed by atoms with Gasteiger partial charge in [-0.25, -0.2) is 0 Å². The van der Waals surface area contributed by atoms with Gasteiger partial charge in [0.05, 0.1) is 6.04 Å². The molecular weight excluding hydrogens is 132 g/mol. The van der Waals surface area contributed by atoms with Crippen molar-refractivity contribution in [1.29, 1.82) is 0 Å². The van der Waals surface area contributed by atoms with Crippen molar-refractivity contribution in [1.82, 2.24) is 10.6 Å². The monoisotopic (exact) mass is 142 g/mol. The molecule has 1 fully saturated rings. The first-order chi connectivity index (χ1) is 4.68. The number of carbonyl (C=O) groups is 2. The fourth-order valence-electron chi connectivity index (χ4n) is 0.820. The Kier molecular flexibility index (Phi) is 1.89. The van der Waals surface area contributed by atoms with Gasteiger partial charge in [0.1, 0.15) is 0 Å². The minimum absolute atomic E-state index is 0.0545. The Hall–Kier alpha value is -1.06. The van der Waals surface area contributed by atoms with Gasteiger partial charge in [-0.3, -0.25) is 9.59 Å². The Bertz CT molecular complexity index is 159. The van der Waals surface area contributed by atoms with Crippen molar-refractivity contribution in [3.8, 4) is 0 Å². The molecule has 1 rings (SSSR count). The second-order valence-electron chi connectivity index (χ2n) is 2.41. The van der Waals surface area contributed by atoms with E-state index in [1.165, 1.54) is 6.92 Å². The molecule has 0 saturated carbocycles. The standard InChI is InChI=1S/C6H10N2O2/c1-4(9)7-3-5-2-6(10)8-5/h5H,2-3H2,1H3,(H,7,9)(H,8,10). The SMILES string of the molecule is CC(=O)NCC1CC(=O)N1. The zero-order valence-electron chi connectivity index (χ0n) is 5.81. The summed E-state index contributed by atoms with van der Waals surface area (Å²) in [7, 11) is 0. The van der Waals surface area contributed by atoms with Gasteiger partial charge in [-0.2, -0.15) is 0 Å². The molecule has 0 aromatic carbocycles. The summed E-state index contributed by atoms with van der Waals surface area (Å²) in [6.07, 6.45) is 0.542. The van der Waals surface area contributed by atoms with Gasteiger partial charge in [-0.15, -0.1) is 0 Å². The lowest BCUT2D eigenvalue weighted by Gasteiger charge is -2.26. The van der Waals surface area contributed by atoms with E-state index < -0.39 is 0 Å². The third-order valence-corrected chi connectivity index (χ3v) is 1.39. The number of carbonyl (C=O) groups excluding carboxylic acids is 2. The predicted molar refractivity (Wildman–Crippen MR) is 35.2 cm³/mol. The fraction of sp³-hybridized carbons (Fsp3) is 0.667. The normalized spacial score (nSPS) is 22.9. The summed E-state index contributed by atoms with van der Waals surface area (Å²) < 4.78 is 0. The smallest absolute Gasteiger partial charge is 0.222 e. The molecule has 0 spiro atoms. The van der Waals surface area contributed by atoms with Crippen LogP contribution in [0, 0.1) is 0 Å². The molecule has 1 aliphatic heterocycles. The lowest BCUT2D eigenvalue weighted by atomic mass is 10.1. The second kappa shape index (κ2) is 2.68. The minimum Gasteiger partial charge on any atom is -0.354 e. The van der Waals surface area contributed by atoms with Crippen LogP contribution in [0.2, 0.25) is 0 Å². The van der Waals surface area contributed by atoms with Gasteiger partial charge in [-0.05, 0) is 0 Å². The second-order valence-corrected chi connectivity index (χ2v) is 2.41. The van der Waals surface area contributed by atoms with Crippen LogP contribution >= 0.6 is 0 Å². The van der Waals surface area contributed by atoms with Gasteiger partial charge in [-0.1, -0.05) is 0 Å². The first-order valence-corrected chi connectivity index (χ1v) is 3.22. The Morgan fingerprint density at radius 2 is 2.50 bits per heavy atom. The number of nitrogens with one attached hydrogen (secondary N) is 2. The largest absolute Gasteiger partial charge is 0.354 e. The number of amides is 2. The average molecular weight is 142 g/mol. The number of rotatable bonds is 2. The van der Waals surface area contributed by atoms with Gasteiger partial charge in [0.15, 0.2) is 0 Å². The van der Waals surface area contributed by atoms with Gasteiger partial charge < -0.3 is 10.6 Å². The molecule has 1 aliphatic rings. The molecule has 0 aliphatic carbocycles. The summed E-state index contributed by atoms with van der Waals surface area (Å²) in [4.78, 5) is 20.7. The molecule has 1 unspecified atom stereocenters. The van der Waals surface area contributed by atoms with Crippen molar-refractivity contribution in [3.05, 3.63) is 0 Å². The maximum absolute atomic E-state index is 10.3. The molecule has 0 radical (unpaired) electrons. The quantitative estimate of drug-likeness (QED) is 0.486. The molecule has 1 heterocycles. The summed E-state index contributed by atoms with van der Waals surface area (Å²) in [6.45, 7) is 2.02. The van der Waals surface area contributed by atoms with Crippen LogP contribution in [-0.4, -0.2) is 24.4 Å². The van der Waals surface area contributed by atoms with E-state index in [-0.39, 0.29) is 17.9 Å². The van der Waals surface area contributed by atoms with E-state index in [1.807, 2.05) is 0 Å². The van der Waals surface area contributed by atoms with Crippen LogP contribution in [0.25, 0.3) is 0 Å². The topological polar surface area (TPSA) is 58.2 Å². The summed E-state index contributed by atoms with van der Waals surface area (Å²) >= 11 is 0. The molecule has 0 bridgehead atoms. The van der Waals surface area contributed by atoms with Crippen LogP contribution in [0.1, 0.15) is 13.3 Å². The van der Waals surface area contributed by atoms with E-state index in [1.54, 1.807) is 0 Å². The molecule has 0 aromatic rings.